The highest BCUT2D eigenvalue weighted by molar-refractivity contribution is 4.77. The Hall–Kier alpha value is -0.0400. The third-order valence-electron chi connectivity index (χ3n) is 5.56. The molecular weight excluding hydrogens is 472 g/mol. The predicted molar refractivity (Wildman–Crippen MR) is 191 cm³/mol. The van der Waals surface area contributed by atoms with Gasteiger partial charge in [-0.2, -0.15) is 0 Å². The Morgan fingerprint density at radius 3 is 0.436 bits per heavy atom. The maximum atomic E-state index is 4.25. The molecule has 0 aliphatic heterocycles. The second-order valence-corrected chi connectivity index (χ2v) is 20.1. The van der Waals surface area contributed by atoms with Crippen LogP contribution >= 0.6 is 0 Å². The van der Waals surface area contributed by atoms with E-state index in [0.29, 0.717) is 37.9 Å². The van der Waals surface area contributed by atoms with Crippen LogP contribution in [0.1, 0.15) is 193 Å². The first-order chi connectivity index (χ1) is 16.2. The van der Waals surface area contributed by atoms with E-state index in [9.17, 15) is 0 Å². The summed E-state index contributed by atoms with van der Waals surface area (Å²) in [5, 5.41) is 0. The van der Waals surface area contributed by atoms with Gasteiger partial charge in [0.15, 0.2) is 0 Å². The number of ether oxygens (including phenoxy) is 1. The summed E-state index contributed by atoms with van der Waals surface area (Å²) in [6, 6.07) is 0. The molecule has 0 fully saturated rings. The average molecular weight is 563 g/mol. The minimum atomic E-state index is 0.437. The Balaban J connectivity index is -0.0000000627. The van der Waals surface area contributed by atoms with E-state index in [1.54, 1.807) is 14.2 Å². The fourth-order valence-electron chi connectivity index (χ4n) is 0. The summed E-state index contributed by atoms with van der Waals surface area (Å²) in [6.45, 7) is 60.2. The minimum absolute atomic E-state index is 0.437. The molecule has 0 saturated carbocycles. The zero-order chi connectivity index (χ0) is 34.5. The molecule has 0 heterocycles. The predicted octanol–water partition coefficient (Wildman–Crippen LogP) is 14.6. The van der Waals surface area contributed by atoms with Crippen LogP contribution in [0.2, 0.25) is 0 Å². The van der Waals surface area contributed by atoms with Crippen molar-refractivity contribution in [2.75, 3.05) is 14.2 Å². The van der Waals surface area contributed by atoms with Crippen molar-refractivity contribution in [2.45, 2.75) is 193 Å². The van der Waals surface area contributed by atoms with Gasteiger partial charge in [-0.1, -0.05) is 193 Å². The molecule has 0 aromatic heterocycles. The van der Waals surface area contributed by atoms with E-state index < -0.39 is 0 Å². The van der Waals surface area contributed by atoms with Gasteiger partial charge in [0.05, 0.1) is 0 Å². The van der Waals surface area contributed by atoms with E-state index in [1.807, 2.05) is 0 Å². The third kappa shape index (κ3) is 112. The van der Waals surface area contributed by atoms with E-state index in [1.165, 1.54) is 6.42 Å². The molecule has 39 heavy (non-hydrogen) atoms. The van der Waals surface area contributed by atoms with Crippen LogP contribution in [0.3, 0.4) is 0 Å². The zero-order valence-corrected chi connectivity index (χ0v) is 34.2. The molecule has 0 amide bonds. The first kappa shape index (κ1) is 55.0. The summed E-state index contributed by atoms with van der Waals surface area (Å²) in [5.41, 5.74) is 3.29. The topological polar surface area (TPSA) is 9.23 Å². The summed E-state index contributed by atoms with van der Waals surface area (Å²) in [7, 11) is 3.25. The maximum Gasteiger partial charge on any atom is 0.0351 e. The Kier molecular flexibility index (Phi) is 33.1. The van der Waals surface area contributed by atoms with Crippen molar-refractivity contribution in [3.05, 3.63) is 0 Å². The monoisotopic (exact) mass is 563 g/mol. The summed E-state index contributed by atoms with van der Waals surface area (Å²) < 4.78 is 4.25. The molecule has 0 spiro atoms. The van der Waals surface area contributed by atoms with Gasteiger partial charge in [0.1, 0.15) is 0 Å². The summed E-state index contributed by atoms with van der Waals surface area (Å²) >= 11 is 0. The normalized spacial score (nSPS) is 12.2. The fraction of sp³-hybridized carbons (Fsp3) is 1.00. The number of hydrogen-bond acceptors (Lipinski definition) is 1. The molecule has 0 unspecified atom stereocenters. The second kappa shape index (κ2) is 23.5. The maximum absolute atomic E-state index is 4.25. The number of hydrogen-bond donors (Lipinski definition) is 0. The van der Waals surface area contributed by atoms with Crippen LogP contribution in [0.4, 0.5) is 0 Å². The van der Waals surface area contributed by atoms with Gasteiger partial charge in [0.2, 0.25) is 0 Å². The lowest BCUT2D eigenvalue weighted by Crippen LogP contribution is -2.25. The van der Waals surface area contributed by atoms with Crippen molar-refractivity contribution in [3.8, 4) is 0 Å². The van der Waals surface area contributed by atoms with Gasteiger partial charge < -0.3 is 4.74 Å². The van der Waals surface area contributed by atoms with E-state index in [-0.39, 0.29) is 0 Å². The van der Waals surface area contributed by atoms with Gasteiger partial charge >= 0.3 is 0 Å². The number of methoxy groups -OCH3 is 1. The standard InChI is InChI=1S/2C8H18.C6H14.2C5H12.C4H10.C2H6O/c2*1-7(2,3)8(4,5)6;1-5-6(2,3)4;2*1-5(2,3)4;1-4(2)3;1-3-2/h2*1-6H3;5H2,1-4H3;2*1-4H3;4H,1-3H3;1-2H3. The molecule has 0 radical (unpaired) electrons. The SMILES string of the molecule is CC(C)(C)C.CC(C)(C)C.CC(C)(C)C(C)(C)C.CC(C)(C)C(C)(C)C.CC(C)C.CCC(C)(C)C.COC. The van der Waals surface area contributed by atoms with Crippen molar-refractivity contribution in [1.82, 2.24) is 0 Å². The molecule has 0 saturated heterocycles. The van der Waals surface area contributed by atoms with E-state index >= 15 is 0 Å². The summed E-state index contributed by atoms with van der Waals surface area (Å²) in [6.07, 6.45) is 1.27. The molecule has 248 valence electrons. The quantitative estimate of drug-likeness (QED) is 0.285. The van der Waals surface area contributed by atoms with E-state index in [4.69, 9.17) is 0 Å². The van der Waals surface area contributed by atoms with Gasteiger partial charge in [0.25, 0.3) is 0 Å². The van der Waals surface area contributed by atoms with Crippen molar-refractivity contribution < 1.29 is 4.74 Å². The molecule has 0 bridgehead atoms. The van der Waals surface area contributed by atoms with Crippen LogP contribution in [0.25, 0.3) is 0 Å². The van der Waals surface area contributed by atoms with Crippen LogP contribution in [-0.4, -0.2) is 14.2 Å². The summed E-state index contributed by atoms with van der Waals surface area (Å²) in [4.78, 5) is 0. The Morgan fingerprint density at radius 2 is 0.436 bits per heavy atom. The highest BCUT2D eigenvalue weighted by atomic mass is 16.4. The molecule has 0 rings (SSSR count). The van der Waals surface area contributed by atoms with E-state index in [0.717, 1.165) is 5.92 Å². The molecule has 0 aliphatic rings. The Morgan fingerprint density at radius 1 is 0.385 bits per heavy atom. The molecule has 1 nitrogen and oxygen atoms in total. The van der Waals surface area contributed by atoms with Gasteiger partial charge in [-0.25, -0.2) is 0 Å². The minimum Gasteiger partial charge on any atom is -0.388 e. The lowest BCUT2D eigenvalue weighted by Gasteiger charge is -2.34. The lowest BCUT2D eigenvalue weighted by molar-refractivity contribution is 0.157. The van der Waals surface area contributed by atoms with Crippen LogP contribution in [-0.2, 0) is 4.74 Å². The van der Waals surface area contributed by atoms with Crippen molar-refractivity contribution >= 4 is 0 Å². The summed E-state index contributed by atoms with van der Waals surface area (Å²) in [5.74, 6) is 0.833. The van der Waals surface area contributed by atoms with Gasteiger partial charge in [-0.05, 0) is 43.8 Å². The molecule has 0 N–H and O–H groups in total. The lowest BCUT2D eigenvalue weighted by atomic mass is 9.71. The van der Waals surface area contributed by atoms with E-state index in [2.05, 4.69) is 192 Å². The number of rotatable bonds is 0. The van der Waals surface area contributed by atoms with Crippen LogP contribution < -0.4 is 0 Å². The second-order valence-electron chi connectivity index (χ2n) is 20.1. The highest BCUT2D eigenvalue weighted by Crippen LogP contribution is 2.37. The van der Waals surface area contributed by atoms with Crippen molar-refractivity contribution in [1.29, 1.82) is 0 Å². The first-order valence-corrected chi connectivity index (χ1v) is 15.6. The van der Waals surface area contributed by atoms with Crippen LogP contribution in [0, 0.1) is 43.8 Å². The Labute approximate surface area is 255 Å². The molecular formula is C38H90O. The molecule has 0 aromatic carbocycles. The van der Waals surface area contributed by atoms with Crippen LogP contribution in [0.15, 0.2) is 0 Å². The van der Waals surface area contributed by atoms with Gasteiger partial charge in [-0.15, -0.1) is 0 Å². The van der Waals surface area contributed by atoms with Gasteiger partial charge in [-0.3, -0.25) is 0 Å². The molecule has 0 aliphatic carbocycles. The third-order valence-corrected chi connectivity index (χ3v) is 5.56. The molecule has 1 heteroatoms. The first-order valence-electron chi connectivity index (χ1n) is 15.6. The smallest absolute Gasteiger partial charge is 0.0351 e. The highest BCUT2D eigenvalue weighted by Gasteiger charge is 2.27. The van der Waals surface area contributed by atoms with Crippen LogP contribution in [0.5, 0.6) is 0 Å². The van der Waals surface area contributed by atoms with Crippen molar-refractivity contribution in [2.24, 2.45) is 43.8 Å². The average Bonchev–Trinajstić information content (AvgIpc) is 2.48. The molecule has 0 aromatic rings. The Bertz CT molecular complexity index is 386. The largest absolute Gasteiger partial charge is 0.388 e. The van der Waals surface area contributed by atoms with Crippen molar-refractivity contribution in [3.63, 3.8) is 0 Å². The van der Waals surface area contributed by atoms with Gasteiger partial charge in [0, 0.05) is 14.2 Å². The molecule has 0 atom stereocenters. The zero-order valence-electron chi connectivity index (χ0n) is 34.2. The fourth-order valence-corrected chi connectivity index (χ4v) is 0.